The number of aromatic nitrogens is 6. The van der Waals surface area contributed by atoms with Gasteiger partial charge in [-0.3, -0.25) is 4.79 Å². The van der Waals surface area contributed by atoms with E-state index in [1.54, 1.807) is 23.0 Å². The molecule has 3 heterocycles. The predicted octanol–water partition coefficient (Wildman–Crippen LogP) is 3.70. The molecule has 8 nitrogen and oxygen atoms in total. The third-order valence-electron chi connectivity index (χ3n) is 5.20. The first kappa shape index (κ1) is 18.8. The summed E-state index contributed by atoms with van der Waals surface area (Å²) in [6.45, 7) is 0. The number of nitrogens with one attached hydrogen (secondary N) is 1. The van der Waals surface area contributed by atoms with Gasteiger partial charge in [0.25, 0.3) is 5.78 Å². The molecule has 3 aromatic heterocycles. The minimum Gasteiger partial charge on any atom is -0.310 e. The number of anilines is 1. The van der Waals surface area contributed by atoms with Crippen molar-refractivity contribution in [2.45, 2.75) is 36.8 Å². The Hall–Kier alpha value is -3.20. The van der Waals surface area contributed by atoms with Gasteiger partial charge in [0, 0.05) is 24.4 Å². The van der Waals surface area contributed by atoms with Crippen LogP contribution >= 0.6 is 11.8 Å². The lowest BCUT2D eigenvalue weighted by Crippen LogP contribution is -2.17. The number of carbonyl (C=O) groups is 1. The smallest absolute Gasteiger partial charge is 0.253 e. The maximum absolute atomic E-state index is 12.7. The Balaban J connectivity index is 1.33. The summed E-state index contributed by atoms with van der Waals surface area (Å²) in [5.41, 5.74) is 1.98. The van der Waals surface area contributed by atoms with Crippen molar-refractivity contribution < 1.29 is 4.79 Å². The average molecular weight is 420 g/mol. The molecule has 1 aliphatic carbocycles. The second-order valence-corrected chi connectivity index (χ2v) is 8.22. The topological polar surface area (TPSA) is 90.0 Å². The highest BCUT2D eigenvalue weighted by molar-refractivity contribution is 7.99. The highest BCUT2D eigenvalue weighted by atomic mass is 32.2. The first-order valence-electron chi connectivity index (χ1n) is 10.0. The van der Waals surface area contributed by atoms with Crippen molar-refractivity contribution >= 4 is 29.3 Å². The monoisotopic (exact) mass is 419 g/mol. The van der Waals surface area contributed by atoms with Gasteiger partial charge in [-0.15, -0.1) is 5.10 Å². The molecular weight excluding hydrogens is 398 g/mol. The number of nitrogens with zero attached hydrogens (tertiary/aromatic N) is 6. The number of hydrogen-bond donors (Lipinski definition) is 1. The second kappa shape index (κ2) is 8.27. The summed E-state index contributed by atoms with van der Waals surface area (Å²) in [5.74, 6) is 1.76. The summed E-state index contributed by atoms with van der Waals surface area (Å²) in [5, 5.41) is 12.7. The van der Waals surface area contributed by atoms with Gasteiger partial charge in [-0.2, -0.15) is 10.1 Å². The number of benzene rings is 1. The van der Waals surface area contributed by atoms with E-state index in [2.05, 4.69) is 20.4 Å². The van der Waals surface area contributed by atoms with Crippen LogP contribution in [0.5, 0.6) is 0 Å². The highest BCUT2D eigenvalue weighted by Crippen LogP contribution is 2.35. The molecule has 0 spiro atoms. The number of amides is 1. The van der Waals surface area contributed by atoms with E-state index in [0.29, 0.717) is 22.7 Å². The molecule has 9 heteroatoms. The van der Waals surface area contributed by atoms with E-state index < -0.39 is 0 Å². The molecule has 4 aromatic rings. The minimum atomic E-state index is -0.123. The maximum atomic E-state index is 12.7. The number of thioether (sulfide) groups is 1. The third-order valence-corrected chi connectivity index (χ3v) is 6.04. The lowest BCUT2D eigenvalue weighted by molar-refractivity contribution is -0.113. The molecular formula is C21H21N7OS. The molecule has 0 bridgehead atoms. The van der Waals surface area contributed by atoms with E-state index in [-0.39, 0.29) is 11.7 Å². The molecule has 30 heavy (non-hydrogen) atoms. The third kappa shape index (κ3) is 3.93. The van der Waals surface area contributed by atoms with Crippen LogP contribution in [0, 0.1) is 0 Å². The van der Waals surface area contributed by atoms with Gasteiger partial charge in [0.1, 0.15) is 5.82 Å². The van der Waals surface area contributed by atoms with Gasteiger partial charge in [-0.25, -0.2) is 14.2 Å². The lowest BCUT2D eigenvalue weighted by Gasteiger charge is -2.08. The Morgan fingerprint density at radius 2 is 1.97 bits per heavy atom. The minimum absolute atomic E-state index is 0.123. The molecule has 1 amide bonds. The van der Waals surface area contributed by atoms with E-state index in [1.807, 2.05) is 41.1 Å². The van der Waals surface area contributed by atoms with Crippen molar-refractivity contribution in [3.8, 4) is 5.69 Å². The molecule has 1 fully saturated rings. The fourth-order valence-electron chi connectivity index (χ4n) is 3.76. The summed E-state index contributed by atoms with van der Waals surface area (Å²) in [4.78, 5) is 21.1. The highest BCUT2D eigenvalue weighted by Gasteiger charge is 2.22. The van der Waals surface area contributed by atoms with E-state index in [9.17, 15) is 4.79 Å². The standard InChI is InChI=1S/C21H21N7OS/c29-19(14-30-21-24-20-22-11-6-12-27(20)26-21)23-18-13-17(15-7-4-5-8-15)25-28(18)16-9-2-1-3-10-16/h1-3,6,9-13,15H,4-5,7-8,14H2,(H,23,29). The normalized spacial score (nSPS) is 14.4. The molecule has 0 atom stereocenters. The largest absolute Gasteiger partial charge is 0.310 e. The zero-order chi connectivity index (χ0) is 20.3. The van der Waals surface area contributed by atoms with Gasteiger partial charge in [0.15, 0.2) is 0 Å². The quantitative estimate of drug-likeness (QED) is 0.479. The van der Waals surface area contributed by atoms with Gasteiger partial charge in [0.2, 0.25) is 11.1 Å². The summed E-state index contributed by atoms with van der Waals surface area (Å²) >= 11 is 1.28. The fourth-order valence-corrected chi connectivity index (χ4v) is 4.38. The van der Waals surface area contributed by atoms with Crippen molar-refractivity contribution in [1.82, 2.24) is 29.4 Å². The van der Waals surface area contributed by atoms with Crippen LogP contribution in [-0.4, -0.2) is 41.0 Å². The molecule has 0 saturated heterocycles. The Morgan fingerprint density at radius 3 is 2.77 bits per heavy atom. The van der Waals surface area contributed by atoms with Crippen LogP contribution in [0.4, 0.5) is 5.82 Å². The SMILES string of the molecule is O=C(CSc1nc2ncccn2n1)Nc1cc(C2CCCC2)nn1-c1ccccc1. The van der Waals surface area contributed by atoms with Gasteiger partial charge >= 0.3 is 0 Å². The van der Waals surface area contributed by atoms with Crippen molar-refractivity contribution in [2.75, 3.05) is 11.1 Å². The summed E-state index contributed by atoms with van der Waals surface area (Å²) in [6.07, 6.45) is 8.23. The second-order valence-electron chi connectivity index (χ2n) is 7.28. The van der Waals surface area contributed by atoms with Crippen molar-refractivity contribution in [1.29, 1.82) is 0 Å². The molecule has 1 saturated carbocycles. The molecule has 152 valence electrons. The van der Waals surface area contributed by atoms with Crippen LogP contribution in [0.25, 0.3) is 11.5 Å². The van der Waals surface area contributed by atoms with E-state index in [1.165, 1.54) is 24.6 Å². The van der Waals surface area contributed by atoms with Gasteiger partial charge in [0.05, 0.1) is 17.1 Å². The van der Waals surface area contributed by atoms with Crippen LogP contribution in [-0.2, 0) is 4.79 Å². The Kier molecular flexibility index (Phi) is 5.18. The predicted molar refractivity (Wildman–Crippen MR) is 115 cm³/mol. The number of hydrogen-bond acceptors (Lipinski definition) is 6. The Bertz CT molecular complexity index is 1130. The van der Waals surface area contributed by atoms with Crippen molar-refractivity contribution in [2.24, 2.45) is 0 Å². The zero-order valence-electron chi connectivity index (χ0n) is 16.3. The van der Waals surface area contributed by atoms with Crippen LogP contribution < -0.4 is 5.32 Å². The van der Waals surface area contributed by atoms with Gasteiger partial charge < -0.3 is 5.32 Å². The first-order valence-corrected chi connectivity index (χ1v) is 11.0. The Morgan fingerprint density at radius 1 is 1.13 bits per heavy atom. The van der Waals surface area contributed by atoms with Crippen LogP contribution in [0.2, 0.25) is 0 Å². The van der Waals surface area contributed by atoms with Gasteiger partial charge in [-0.1, -0.05) is 42.8 Å². The van der Waals surface area contributed by atoms with Crippen molar-refractivity contribution in [3.05, 3.63) is 60.6 Å². The maximum Gasteiger partial charge on any atom is 0.253 e. The lowest BCUT2D eigenvalue weighted by atomic mass is 10.0. The average Bonchev–Trinajstić information content (AvgIpc) is 3.51. The number of carbonyl (C=O) groups excluding carboxylic acids is 1. The van der Waals surface area contributed by atoms with Gasteiger partial charge in [-0.05, 0) is 31.0 Å². The van der Waals surface area contributed by atoms with Crippen LogP contribution in [0.3, 0.4) is 0 Å². The number of para-hydroxylation sites is 1. The molecule has 1 aliphatic rings. The summed E-state index contributed by atoms with van der Waals surface area (Å²) in [6, 6.07) is 13.7. The molecule has 1 aromatic carbocycles. The summed E-state index contributed by atoms with van der Waals surface area (Å²) < 4.78 is 3.42. The number of fused-ring (bicyclic) bond motifs is 1. The molecule has 0 aliphatic heterocycles. The Labute approximate surface area is 177 Å². The molecule has 0 unspecified atom stereocenters. The zero-order valence-corrected chi connectivity index (χ0v) is 17.1. The summed E-state index contributed by atoms with van der Waals surface area (Å²) in [7, 11) is 0. The molecule has 0 radical (unpaired) electrons. The molecule has 5 rings (SSSR count). The van der Waals surface area contributed by atoms with E-state index in [4.69, 9.17) is 5.10 Å². The fraction of sp³-hybridized carbons (Fsp3) is 0.286. The van der Waals surface area contributed by atoms with Crippen molar-refractivity contribution in [3.63, 3.8) is 0 Å². The van der Waals surface area contributed by atoms with Crippen LogP contribution in [0.15, 0.2) is 60.0 Å². The van der Waals surface area contributed by atoms with E-state index in [0.717, 1.165) is 24.2 Å². The first-order chi connectivity index (χ1) is 14.8. The van der Waals surface area contributed by atoms with E-state index >= 15 is 0 Å². The number of rotatable bonds is 6. The molecule has 1 N–H and O–H groups in total. The van der Waals surface area contributed by atoms with Crippen LogP contribution in [0.1, 0.15) is 37.3 Å².